The number of Topliss-reactive ketones (excluding diaryl/α,β-unsaturated/α-hetero) is 1. The molecule has 0 saturated carbocycles. The molecule has 0 aliphatic carbocycles. The molecule has 0 aromatic carbocycles. The van der Waals surface area contributed by atoms with Crippen LogP contribution in [0.25, 0.3) is 0 Å². The predicted octanol–water partition coefficient (Wildman–Crippen LogP) is 1.72. The number of ether oxygens (including phenoxy) is 1. The van der Waals surface area contributed by atoms with Crippen LogP contribution in [0.2, 0.25) is 0 Å². The first-order valence-electron chi connectivity index (χ1n) is 9.98. The number of nitrogens with one attached hydrogen (secondary N) is 3. The number of cyclic esters (lactones) is 1. The van der Waals surface area contributed by atoms with Gasteiger partial charge in [-0.3, -0.25) is 9.59 Å². The van der Waals surface area contributed by atoms with E-state index >= 15 is 0 Å². The van der Waals surface area contributed by atoms with Gasteiger partial charge >= 0.3 is 12.0 Å². The lowest BCUT2D eigenvalue weighted by atomic mass is 9.91. The first kappa shape index (κ1) is 24.4. The number of esters is 1. The van der Waals surface area contributed by atoms with Crippen LogP contribution in [0.15, 0.2) is 24.3 Å². The molecule has 0 aromatic rings. The number of carbonyl (C=O) groups excluding carboxylic acids is 4. The van der Waals surface area contributed by atoms with Crippen molar-refractivity contribution in [1.29, 1.82) is 0 Å². The molecule has 0 fully saturated rings. The van der Waals surface area contributed by atoms with Crippen LogP contribution >= 0.6 is 0 Å². The fourth-order valence-corrected chi connectivity index (χ4v) is 2.85. The monoisotopic (exact) mass is 407 g/mol. The summed E-state index contributed by atoms with van der Waals surface area (Å²) < 4.78 is 5.10. The first-order valence-corrected chi connectivity index (χ1v) is 9.98. The van der Waals surface area contributed by atoms with Gasteiger partial charge in [-0.25, -0.2) is 9.59 Å². The van der Waals surface area contributed by atoms with E-state index in [2.05, 4.69) is 16.0 Å². The van der Waals surface area contributed by atoms with Crippen LogP contribution in [-0.4, -0.2) is 49.4 Å². The van der Waals surface area contributed by atoms with Crippen LogP contribution in [-0.2, 0) is 19.1 Å². The SMILES string of the molecule is CNC(=O)N[C@H](C(=O)C[C@H]1/C=C/CCOC(=O)/C=C/[C@H](C(C)C)NC1=O)C(C)C. The third-order valence-electron chi connectivity index (χ3n) is 4.65. The molecule has 3 N–H and O–H groups in total. The highest BCUT2D eigenvalue weighted by Gasteiger charge is 2.29. The molecule has 0 saturated heterocycles. The second kappa shape index (κ2) is 12.0. The maximum atomic E-state index is 12.9. The van der Waals surface area contributed by atoms with Crippen molar-refractivity contribution in [3.05, 3.63) is 24.3 Å². The van der Waals surface area contributed by atoms with E-state index in [0.717, 1.165) is 0 Å². The van der Waals surface area contributed by atoms with Crippen molar-refractivity contribution in [3.8, 4) is 0 Å². The highest BCUT2D eigenvalue weighted by Crippen LogP contribution is 2.15. The van der Waals surface area contributed by atoms with Crippen LogP contribution in [0, 0.1) is 17.8 Å². The average molecular weight is 408 g/mol. The average Bonchev–Trinajstić information content (AvgIpc) is 2.65. The molecule has 3 atom stereocenters. The minimum atomic E-state index is -0.695. The normalized spacial score (nSPS) is 23.8. The molecule has 0 unspecified atom stereocenters. The summed E-state index contributed by atoms with van der Waals surface area (Å²) in [6.45, 7) is 7.71. The maximum Gasteiger partial charge on any atom is 0.330 e. The van der Waals surface area contributed by atoms with Gasteiger partial charge in [-0.15, -0.1) is 0 Å². The van der Waals surface area contributed by atoms with E-state index in [0.29, 0.717) is 6.42 Å². The van der Waals surface area contributed by atoms with E-state index in [1.54, 1.807) is 18.2 Å². The standard InChI is InChI=1S/C21H33N3O5/c1-13(2)16-9-10-18(26)29-11-7-6-8-15(20(27)23-16)12-17(25)19(14(3)4)24-21(28)22-5/h6,8-10,13-16,19H,7,11-12H2,1-5H3,(H,23,27)(H2,22,24,28)/b8-6+,10-9+/t15-,16-,19+/m1/s1. The highest BCUT2D eigenvalue weighted by molar-refractivity contribution is 5.93. The molecule has 8 heteroatoms. The van der Waals surface area contributed by atoms with Gasteiger partial charge in [-0.1, -0.05) is 45.9 Å². The summed E-state index contributed by atoms with van der Waals surface area (Å²) in [5.41, 5.74) is 0. The van der Waals surface area contributed by atoms with E-state index in [-0.39, 0.29) is 42.6 Å². The fourth-order valence-electron chi connectivity index (χ4n) is 2.85. The van der Waals surface area contributed by atoms with Crippen molar-refractivity contribution in [1.82, 2.24) is 16.0 Å². The lowest BCUT2D eigenvalue weighted by Gasteiger charge is -2.25. The van der Waals surface area contributed by atoms with Gasteiger partial charge in [-0.05, 0) is 18.3 Å². The number of hydrogen-bond donors (Lipinski definition) is 3. The van der Waals surface area contributed by atoms with Gasteiger partial charge in [0.25, 0.3) is 0 Å². The smallest absolute Gasteiger partial charge is 0.330 e. The summed E-state index contributed by atoms with van der Waals surface area (Å²) in [5.74, 6) is -1.72. The molecule has 0 spiro atoms. The van der Waals surface area contributed by atoms with Crippen molar-refractivity contribution in [3.63, 3.8) is 0 Å². The predicted molar refractivity (Wildman–Crippen MR) is 110 cm³/mol. The van der Waals surface area contributed by atoms with Crippen LogP contribution in [0.3, 0.4) is 0 Å². The third kappa shape index (κ3) is 8.50. The number of ketones is 1. The molecule has 8 nitrogen and oxygen atoms in total. The Morgan fingerprint density at radius 3 is 2.48 bits per heavy atom. The number of amides is 3. The molecular formula is C21H33N3O5. The van der Waals surface area contributed by atoms with Crippen LogP contribution < -0.4 is 16.0 Å². The van der Waals surface area contributed by atoms with Gasteiger partial charge in [0, 0.05) is 25.6 Å². The summed E-state index contributed by atoms with van der Waals surface area (Å²) in [4.78, 5) is 49.1. The largest absolute Gasteiger partial charge is 0.462 e. The lowest BCUT2D eigenvalue weighted by Crippen LogP contribution is -2.49. The van der Waals surface area contributed by atoms with Gasteiger partial charge in [0.1, 0.15) is 0 Å². The minimum absolute atomic E-state index is 0.0382. The number of urea groups is 1. The first-order chi connectivity index (χ1) is 13.6. The van der Waals surface area contributed by atoms with Crippen molar-refractivity contribution in [2.24, 2.45) is 17.8 Å². The summed E-state index contributed by atoms with van der Waals surface area (Å²) in [6.07, 6.45) is 6.73. The molecule has 0 radical (unpaired) electrons. The Bertz CT molecular complexity index is 655. The van der Waals surface area contributed by atoms with E-state index in [1.165, 1.54) is 13.1 Å². The summed E-state index contributed by atoms with van der Waals surface area (Å²) in [7, 11) is 1.48. The van der Waals surface area contributed by atoms with Crippen molar-refractivity contribution < 1.29 is 23.9 Å². The summed E-state index contributed by atoms with van der Waals surface area (Å²) in [6, 6.07) is -1.51. The molecular weight excluding hydrogens is 374 g/mol. The zero-order valence-corrected chi connectivity index (χ0v) is 17.9. The topological polar surface area (TPSA) is 114 Å². The van der Waals surface area contributed by atoms with Gasteiger partial charge < -0.3 is 20.7 Å². The van der Waals surface area contributed by atoms with Gasteiger partial charge in [0.2, 0.25) is 5.91 Å². The fraction of sp³-hybridized carbons (Fsp3) is 0.619. The Kier molecular flexibility index (Phi) is 10.1. The van der Waals surface area contributed by atoms with E-state index in [4.69, 9.17) is 4.74 Å². The molecule has 29 heavy (non-hydrogen) atoms. The summed E-state index contributed by atoms with van der Waals surface area (Å²) >= 11 is 0. The van der Waals surface area contributed by atoms with E-state index in [1.807, 2.05) is 27.7 Å². The van der Waals surface area contributed by atoms with Crippen LogP contribution in [0.5, 0.6) is 0 Å². The lowest BCUT2D eigenvalue weighted by molar-refractivity contribution is -0.137. The molecule has 1 heterocycles. The second-order valence-electron chi connectivity index (χ2n) is 7.74. The maximum absolute atomic E-state index is 12.9. The third-order valence-corrected chi connectivity index (χ3v) is 4.65. The highest BCUT2D eigenvalue weighted by atomic mass is 16.5. The van der Waals surface area contributed by atoms with Gasteiger partial charge in [0.15, 0.2) is 5.78 Å². The van der Waals surface area contributed by atoms with Crippen molar-refractivity contribution in [2.45, 2.75) is 52.6 Å². The van der Waals surface area contributed by atoms with Crippen molar-refractivity contribution in [2.75, 3.05) is 13.7 Å². The Morgan fingerprint density at radius 1 is 1.21 bits per heavy atom. The number of carbonyl (C=O) groups is 4. The zero-order valence-electron chi connectivity index (χ0n) is 17.9. The number of hydrogen-bond acceptors (Lipinski definition) is 5. The van der Waals surface area contributed by atoms with Crippen LogP contribution in [0.1, 0.15) is 40.5 Å². The molecule has 0 aromatic heterocycles. The van der Waals surface area contributed by atoms with Gasteiger partial charge in [-0.2, -0.15) is 0 Å². The Labute approximate surface area is 172 Å². The molecule has 1 aliphatic heterocycles. The molecule has 1 rings (SSSR count). The summed E-state index contributed by atoms with van der Waals surface area (Å²) in [5, 5.41) is 7.98. The van der Waals surface area contributed by atoms with E-state index < -0.39 is 24.0 Å². The molecule has 3 amide bonds. The number of rotatable bonds is 6. The molecule has 162 valence electrons. The Hall–Kier alpha value is -2.64. The Balaban J connectivity index is 3.01. The second-order valence-corrected chi connectivity index (χ2v) is 7.74. The zero-order chi connectivity index (χ0) is 22.0. The molecule has 1 aliphatic rings. The van der Waals surface area contributed by atoms with Crippen LogP contribution in [0.4, 0.5) is 4.79 Å². The van der Waals surface area contributed by atoms with Gasteiger partial charge in [0.05, 0.1) is 18.6 Å². The van der Waals surface area contributed by atoms with Crippen molar-refractivity contribution >= 4 is 23.7 Å². The molecule has 0 bridgehead atoms. The Morgan fingerprint density at radius 2 is 1.90 bits per heavy atom. The van der Waals surface area contributed by atoms with E-state index in [9.17, 15) is 19.2 Å². The quantitative estimate of drug-likeness (QED) is 0.458. The minimum Gasteiger partial charge on any atom is -0.462 e.